The third-order valence-electron chi connectivity index (χ3n) is 4.94. The zero-order valence-electron chi connectivity index (χ0n) is 14.4. The van der Waals surface area contributed by atoms with Crippen molar-refractivity contribution in [2.24, 2.45) is 0 Å². The second-order valence-electron chi connectivity index (χ2n) is 6.42. The highest BCUT2D eigenvalue weighted by Crippen LogP contribution is 2.23. The van der Waals surface area contributed by atoms with Gasteiger partial charge in [0, 0.05) is 10.6 Å². The van der Waals surface area contributed by atoms with Crippen molar-refractivity contribution in [3.8, 4) is 11.3 Å². The van der Waals surface area contributed by atoms with E-state index in [1.54, 1.807) is 0 Å². The van der Waals surface area contributed by atoms with Crippen LogP contribution in [0.2, 0.25) is 5.02 Å². The molecule has 4 rings (SSSR count). The van der Waals surface area contributed by atoms with Crippen LogP contribution < -0.4 is 9.93 Å². The summed E-state index contributed by atoms with van der Waals surface area (Å²) >= 11 is 6.03. The van der Waals surface area contributed by atoms with E-state index in [0.717, 1.165) is 54.7 Å². The summed E-state index contributed by atoms with van der Waals surface area (Å²) in [6.07, 6.45) is 0. The zero-order chi connectivity index (χ0) is 17.2. The van der Waals surface area contributed by atoms with Crippen LogP contribution in [0.25, 0.3) is 22.3 Å². The summed E-state index contributed by atoms with van der Waals surface area (Å²) in [6, 6.07) is 18.3. The van der Waals surface area contributed by atoms with Crippen molar-refractivity contribution >= 4 is 22.6 Å². The molecule has 3 aromatic rings. The van der Waals surface area contributed by atoms with Gasteiger partial charge in [-0.05, 0) is 42.9 Å². The number of rotatable bonds is 2. The van der Waals surface area contributed by atoms with E-state index in [2.05, 4.69) is 34.6 Å². The topological polar surface area (TPSA) is 19.4 Å². The Balaban J connectivity index is 1.89. The fourth-order valence-electron chi connectivity index (χ4n) is 3.44. The van der Waals surface area contributed by atoms with Gasteiger partial charge in [-0.2, -0.15) is 0 Å². The van der Waals surface area contributed by atoms with Gasteiger partial charge in [0.2, 0.25) is 5.36 Å². The molecular weight excluding hydrogens is 332 g/mol. The summed E-state index contributed by atoms with van der Waals surface area (Å²) in [4.78, 5) is 2.49. The summed E-state index contributed by atoms with van der Waals surface area (Å²) in [6.45, 7) is 7.64. The lowest BCUT2D eigenvalue weighted by atomic mass is 10.1. The molecule has 1 fully saturated rings. The van der Waals surface area contributed by atoms with E-state index >= 15 is 0 Å². The van der Waals surface area contributed by atoms with Crippen LogP contribution in [0.15, 0.2) is 59.0 Å². The molecule has 3 nitrogen and oxygen atoms in total. The Morgan fingerprint density at radius 2 is 1.76 bits per heavy atom. The summed E-state index contributed by atoms with van der Waals surface area (Å²) in [5, 5.41) is 3.16. The maximum atomic E-state index is 6.18. The minimum absolute atomic E-state index is 0.737. The molecule has 1 aliphatic heterocycles. The van der Waals surface area contributed by atoms with E-state index in [0.29, 0.717) is 0 Å². The Morgan fingerprint density at radius 1 is 1.04 bits per heavy atom. The number of fused-ring (bicyclic) bond motifs is 1. The van der Waals surface area contributed by atoms with Crippen molar-refractivity contribution in [2.45, 2.75) is 6.92 Å². The van der Waals surface area contributed by atoms with Crippen LogP contribution in [0.1, 0.15) is 6.92 Å². The first-order chi connectivity index (χ1) is 12.2. The Morgan fingerprint density at radius 3 is 2.48 bits per heavy atom. The number of piperazine rings is 1. The summed E-state index contributed by atoms with van der Waals surface area (Å²) in [5.74, 6) is 0.878. The Labute approximate surface area is 152 Å². The number of hydrogen-bond acceptors (Lipinski definition) is 2. The van der Waals surface area contributed by atoms with Crippen LogP contribution in [-0.2, 0) is 0 Å². The molecule has 0 radical (unpaired) electrons. The maximum Gasteiger partial charge on any atom is 0.214 e. The predicted molar refractivity (Wildman–Crippen MR) is 104 cm³/mol. The summed E-state index contributed by atoms with van der Waals surface area (Å²) < 4.78 is 8.66. The van der Waals surface area contributed by atoms with E-state index in [9.17, 15) is 0 Å². The molecule has 1 saturated heterocycles. The molecule has 25 heavy (non-hydrogen) atoms. The molecule has 0 bridgehead atoms. The number of para-hydroxylation sites is 1. The fraction of sp³-hybridized carbons (Fsp3) is 0.286. The van der Waals surface area contributed by atoms with Gasteiger partial charge in [0.15, 0.2) is 13.1 Å². The Kier molecular flexibility index (Phi) is 4.60. The van der Waals surface area contributed by atoms with Crippen molar-refractivity contribution < 1.29 is 4.42 Å². The molecule has 128 valence electrons. The molecule has 0 unspecified atom stereocenters. The quantitative estimate of drug-likeness (QED) is 0.652. The molecule has 0 atom stereocenters. The zero-order valence-corrected chi connectivity index (χ0v) is 15.2. The molecule has 0 saturated carbocycles. The highest BCUT2D eigenvalue weighted by molar-refractivity contribution is 6.30. The predicted octanol–water partition coefficient (Wildman–Crippen LogP) is 3.86. The fourth-order valence-corrected chi connectivity index (χ4v) is 3.57. The minimum atomic E-state index is 0.737. The van der Waals surface area contributed by atoms with Gasteiger partial charge in [-0.1, -0.05) is 30.7 Å². The number of nitrogens with zero attached hydrogens (tertiary/aromatic N) is 2. The number of likely N-dealkylation sites (N-methyl/N-ethyl adjacent to an activating group) is 1. The second-order valence-corrected chi connectivity index (χ2v) is 6.86. The molecular formula is C21H22ClN2O+. The van der Waals surface area contributed by atoms with Gasteiger partial charge in [0.25, 0.3) is 0 Å². The van der Waals surface area contributed by atoms with Gasteiger partial charge in [-0.25, -0.2) is 4.58 Å². The van der Waals surface area contributed by atoms with Crippen LogP contribution in [0.5, 0.6) is 0 Å². The Hall–Kier alpha value is -2.10. The average Bonchev–Trinajstić information content (AvgIpc) is 2.68. The number of benzene rings is 2. The van der Waals surface area contributed by atoms with E-state index < -0.39 is 0 Å². The third kappa shape index (κ3) is 3.35. The van der Waals surface area contributed by atoms with Crippen LogP contribution >= 0.6 is 11.6 Å². The van der Waals surface area contributed by atoms with Gasteiger partial charge in [0.05, 0.1) is 24.5 Å². The minimum Gasteiger partial charge on any atom is -0.456 e. The van der Waals surface area contributed by atoms with Gasteiger partial charge >= 0.3 is 0 Å². The molecule has 1 aliphatic rings. The van der Waals surface area contributed by atoms with Crippen LogP contribution in [0.3, 0.4) is 0 Å². The van der Waals surface area contributed by atoms with E-state index in [1.807, 2.05) is 36.4 Å². The molecule has 4 heteroatoms. The SMILES string of the molecule is CCN1CC[N+](=c2cc(-c3ccc(Cl)cc3)oc3ccccc23)CC1. The van der Waals surface area contributed by atoms with E-state index in [-0.39, 0.29) is 0 Å². The summed E-state index contributed by atoms with van der Waals surface area (Å²) in [7, 11) is 0. The number of halogens is 1. The highest BCUT2D eigenvalue weighted by Gasteiger charge is 2.19. The van der Waals surface area contributed by atoms with Crippen molar-refractivity contribution in [3.63, 3.8) is 0 Å². The van der Waals surface area contributed by atoms with Crippen molar-refractivity contribution in [1.82, 2.24) is 9.48 Å². The van der Waals surface area contributed by atoms with E-state index in [1.165, 1.54) is 10.7 Å². The smallest absolute Gasteiger partial charge is 0.214 e. The third-order valence-corrected chi connectivity index (χ3v) is 5.19. The van der Waals surface area contributed by atoms with Crippen LogP contribution in [-0.4, -0.2) is 37.6 Å². The normalized spacial score (nSPS) is 15.7. The van der Waals surface area contributed by atoms with Gasteiger partial charge in [0.1, 0.15) is 11.3 Å². The molecule has 2 aromatic carbocycles. The molecule has 1 aromatic heterocycles. The van der Waals surface area contributed by atoms with Crippen molar-refractivity contribution in [3.05, 3.63) is 65.0 Å². The largest absolute Gasteiger partial charge is 0.456 e. The first-order valence-corrected chi connectivity index (χ1v) is 9.21. The monoisotopic (exact) mass is 353 g/mol. The molecule has 0 N–H and O–H groups in total. The standard InChI is InChI=1S/C21H22ClN2O/c1-2-23-11-13-24(14-12-23)19-15-21(16-7-9-17(22)10-8-16)25-20-6-4-3-5-18(19)20/h3-10,15H,2,11-14H2,1H3/q+1. The van der Waals surface area contributed by atoms with Crippen LogP contribution in [0, 0.1) is 0 Å². The molecule has 2 heterocycles. The molecule has 0 spiro atoms. The van der Waals surface area contributed by atoms with E-state index in [4.69, 9.17) is 16.0 Å². The summed E-state index contributed by atoms with van der Waals surface area (Å²) in [5.41, 5.74) is 1.96. The highest BCUT2D eigenvalue weighted by atomic mass is 35.5. The van der Waals surface area contributed by atoms with Crippen LogP contribution in [0.4, 0.5) is 0 Å². The average molecular weight is 354 g/mol. The van der Waals surface area contributed by atoms with Crippen molar-refractivity contribution in [1.29, 1.82) is 0 Å². The van der Waals surface area contributed by atoms with Gasteiger partial charge in [-0.3, -0.25) is 4.90 Å². The first-order valence-electron chi connectivity index (χ1n) is 8.84. The maximum absolute atomic E-state index is 6.18. The van der Waals surface area contributed by atoms with Crippen molar-refractivity contribution in [2.75, 3.05) is 32.7 Å². The first kappa shape index (κ1) is 16.4. The van der Waals surface area contributed by atoms with Gasteiger partial charge < -0.3 is 4.42 Å². The van der Waals surface area contributed by atoms with Gasteiger partial charge in [-0.15, -0.1) is 0 Å². The lowest BCUT2D eigenvalue weighted by Crippen LogP contribution is -2.47. The second kappa shape index (κ2) is 7.03. The lowest BCUT2D eigenvalue weighted by Gasteiger charge is -2.23. The lowest BCUT2D eigenvalue weighted by molar-refractivity contribution is 0.234. The molecule has 0 aliphatic carbocycles. The molecule has 0 amide bonds. The Bertz CT molecular complexity index is 950. The number of hydrogen-bond donors (Lipinski definition) is 0.